The Morgan fingerprint density at radius 2 is 2.05 bits per heavy atom. The summed E-state index contributed by atoms with van der Waals surface area (Å²) in [6, 6.07) is 2.03. The number of hydrogen-bond donors (Lipinski definition) is 2. The Balaban J connectivity index is 1.93. The molecule has 0 fully saturated rings. The third kappa shape index (κ3) is 1.84. The molecule has 4 rings (SSSR count). The molecule has 3 aliphatic heterocycles. The lowest BCUT2D eigenvalue weighted by molar-refractivity contribution is -0.135. The lowest BCUT2D eigenvalue weighted by Gasteiger charge is -2.39. The number of nitrogens with zero attached hydrogens (tertiary/aromatic N) is 1. The lowest BCUT2D eigenvalue weighted by atomic mass is 9.88. The van der Waals surface area contributed by atoms with Crippen molar-refractivity contribution in [3.8, 4) is 5.75 Å². The first kappa shape index (κ1) is 12.7. The normalized spacial score (nSPS) is 22.8. The molecule has 0 spiro atoms. The number of rotatable bonds is 1. The minimum atomic E-state index is -1.39. The summed E-state index contributed by atoms with van der Waals surface area (Å²) in [5.74, 6) is -0.473. The van der Waals surface area contributed by atoms with Gasteiger partial charge < -0.3 is 19.8 Å². The zero-order valence-electron chi connectivity index (χ0n) is 11.6. The molecule has 0 saturated carbocycles. The topological polar surface area (TPSA) is 70.0 Å². The highest BCUT2D eigenvalue weighted by atomic mass is 16.6. The predicted molar refractivity (Wildman–Crippen MR) is 77.5 cm³/mol. The van der Waals surface area contributed by atoms with Crippen molar-refractivity contribution in [1.29, 1.82) is 0 Å². The molecular weight excluding hydrogens is 270 g/mol. The van der Waals surface area contributed by atoms with Crippen LogP contribution in [-0.2, 0) is 17.6 Å². The summed E-state index contributed by atoms with van der Waals surface area (Å²) in [6.45, 7) is 2.13. The maximum atomic E-state index is 11.2. The quantitative estimate of drug-likeness (QED) is 0.820. The fourth-order valence-corrected chi connectivity index (χ4v) is 3.68. The van der Waals surface area contributed by atoms with Crippen LogP contribution in [0.25, 0.3) is 6.08 Å². The van der Waals surface area contributed by atoms with Gasteiger partial charge in [0.15, 0.2) is 0 Å². The number of anilines is 1. The van der Waals surface area contributed by atoms with Crippen LogP contribution in [-0.4, -0.2) is 35.6 Å². The van der Waals surface area contributed by atoms with Crippen LogP contribution in [0.15, 0.2) is 11.6 Å². The van der Waals surface area contributed by atoms with Gasteiger partial charge in [0.05, 0.1) is 0 Å². The molecule has 21 heavy (non-hydrogen) atoms. The van der Waals surface area contributed by atoms with E-state index in [1.165, 1.54) is 11.3 Å². The summed E-state index contributed by atoms with van der Waals surface area (Å²) in [5, 5.41) is 19.0. The van der Waals surface area contributed by atoms with Gasteiger partial charge in [0.1, 0.15) is 11.3 Å². The van der Waals surface area contributed by atoms with E-state index < -0.39 is 12.3 Å². The fraction of sp³-hybridized carbons (Fsp3) is 0.438. The number of aliphatic hydroxyl groups is 1. The molecule has 5 nitrogen and oxygen atoms in total. The number of aliphatic carboxylic acids is 1. The Hall–Kier alpha value is -2.01. The van der Waals surface area contributed by atoms with E-state index in [0.29, 0.717) is 5.75 Å². The molecule has 0 aromatic heterocycles. The number of fused-ring (bicyclic) bond motifs is 2. The van der Waals surface area contributed by atoms with Crippen LogP contribution in [0.5, 0.6) is 5.75 Å². The van der Waals surface area contributed by atoms with Gasteiger partial charge in [-0.3, -0.25) is 0 Å². The molecule has 3 heterocycles. The first-order valence-corrected chi connectivity index (χ1v) is 7.38. The van der Waals surface area contributed by atoms with Gasteiger partial charge in [-0.25, -0.2) is 4.79 Å². The van der Waals surface area contributed by atoms with Crippen LogP contribution in [0.2, 0.25) is 0 Å². The van der Waals surface area contributed by atoms with E-state index in [0.717, 1.165) is 49.9 Å². The maximum Gasteiger partial charge on any atom is 0.337 e. The molecule has 3 aliphatic rings. The minimum absolute atomic E-state index is 0.0990. The van der Waals surface area contributed by atoms with Gasteiger partial charge in [-0.1, -0.05) is 0 Å². The molecule has 1 atom stereocenters. The number of carboxylic acid groups (broad SMARTS) is 1. The maximum absolute atomic E-state index is 11.2. The van der Waals surface area contributed by atoms with E-state index >= 15 is 0 Å². The molecule has 0 saturated heterocycles. The summed E-state index contributed by atoms with van der Waals surface area (Å²) >= 11 is 0. The smallest absolute Gasteiger partial charge is 0.337 e. The van der Waals surface area contributed by atoms with Crippen LogP contribution in [0, 0.1) is 0 Å². The van der Waals surface area contributed by atoms with Crippen molar-refractivity contribution in [2.75, 3.05) is 18.0 Å². The molecule has 0 amide bonds. The van der Waals surface area contributed by atoms with Crippen molar-refractivity contribution >= 4 is 17.7 Å². The molecule has 1 aromatic rings. The largest absolute Gasteiger partial charge is 0.478 e. The molecule has 0 aliphatic carbocycles. The fourth-order valence-electron chi connectivity index (χ4n) is 3.68. The first-order valence-electron chi connectivity index (χ1n) is 7.38. The van der Waals surface area contributed by atoms with Crippen molar-refractivity contribution < 1.29 is 19.7 Å². The molecule has 0 radical (unpaired) electrons. The van der Waals surface area contributed by atoms with E-state index in [4.69, 9.17) is 9.84 Å². The standard InChI is InChI=1S/C16H17NO4/c18-15(19)12-8-10-7-9-3-1-5-17-6-2-4-11(13(9)17)14(10)21-16(12)20/h7-8,16,20H,1-6H2,(H,18,19). The van der Waals surface area contributed by atoms with E-state index in [-0.39, 0.29) is 5.57 Å². The first-order chi connectivity index (χ1) is 10.1. The second-order valence-electron chi connectivity index (χ2n) is 5.85. The van der Waals surface area contributed by atoms with Crippen molar-refractivity contribution in [1.82, 2.24) is 0 Å². The third-order valence-electron chi connectivity index (χ3n) is 4.55. The van der Waals surface area contributed by atoms with Gasteiger partial charge >= 0.3 is 5.97 Å². The van der Waals surface area contributed by atoms with Crippen molar-refractivity contribution in [3.05, 3.63) is 28.3 Å². The van der Waals surface area contributed by atoms with Crippen molar-refractivity contribution in [2.45, 2.75) is 32.0 Å². The van der Waals surface area contributed by atoms with Crippen LogP contribution in [0.4, 0.5) is 5.69 Å². The Morgan fingerprint density at radius 1 is 1.29 bits per heavy atom. The second kappa shape index (κ2) is 4.49. The van der Waals surface area contributed by atoms with Crippen LogP contribution in [0.3, 0.4) is 0 Å². The summed E-state index contributed by atoms with van der Waals surface area (Å²) in [6.07, 6.45) is 4.30. The number of benzene rings is 1. The van der Waals surface area contributed by atoms with Gasteiger partial charge in [0, 0.05) is 29.9 Å². The van der Waals surface area contributed by atoms with E-state index in [9.17, 15) is 9.90 Å². The summed E-state index contributed by atoms with van der Waals surface area (Å²) in [4.78, 5) is 13.6. The van der Waals surface area contributed by atoms with Gasteiger partial charge in [0.2, 0.25) is 6.29 Å². The number of ether oxygens (including phenoxy) is 1. The molecule has 0 bridgehead atoms. The number of carbonyl (C=O) groups is 1. The summed E-state index contributed by atoms with van der Waals surface area (Å²) < 4.78 is 5.56. The molecule has 1 unspecified atom stereocenters. The highest BCUT2D eigenvalue weighted by Gasteiger charge is 2.33. The molecule has 1 aromatic carbocycles. The van der Waals surface area contributed by atoms with E-state index in [1.54, 1.807) is 6.08 Å². The number of hydrogen-bond acceptors (Lipinski definition) is 4. The molecule has 110 valence electrons. The monoisotopic (exact) mass is 287 g/mol. The molecular formula is C16H17NO4. The Labute approximate surface area is 122 Å². The van der Waals surface area contributed by atoms with Crippen LogP contribution >= 0.6 is 0 Å². The lowest BCUT2D eigenvalue weighted by Crippen LogP contribution is -2.36. The SMILES string of the molecule is O=C(O)C1=Cc2cc3c4c(c2OC1O)CCCN4CCC3. The highest BCUT2D eigenvalue weighted by molar-refractivity contribution is 5.95. The van der Waals surface area contributed by atoms with Gasteiger partial charge in [-0.05, 0) is 43.4 Å². The van der Waals surface area contributed by atoms with Gasteiger partial charge in [-0.15, -0.1) is 0 Å². The second-order valence-corrected chi connectivity index (χ2v) is 5.85. The van der Waals surface area contributed by atoms with Gasteiger partial charge in [0.25, 0.3) is 0 Å². The third-order valence-corrected chi connectivity index (χ3v) is 4.55. The van der Waals surface area contributed by atoms with Crippen molar-refractivity contribution in [3.63, 3.8) is 0 Å². The summed E-state index contributed by atoms with van der Waals surface area (Å²) in [5.41, 5.74) is 4.35. The number of carboxylic acids is 1. The van der Waals surface area contributed by atoms with Crippen LogP contribution in [0.1, 0.15) is 29.5 Å². The summed E-state index contributed by atoms with van der Waals surface area (Å²) in [7, 11) is 0. The average molecular weight is 287 g/mol. The molecule has 2 N–H and O–H groups in total. The Morgan fingerprint density at radius 3 is 2.81 bits per heavy atom. The Kier molecular flexibility index (Phi) is 2.72. The van der Waals surface area contributed by atoms with E-state index in [1.807, 2.05) is 6.07 Å². The van der Waals surface area contributed by atoms with Crippen LogP contribution < -0.4 is 9.64 Å². The number of aryl methyl sites for hydroxylation is 1. The van der Waals surface area contributed by atoms with Crippen molar-refractivity contribution in [2.24, 2.45) is 0 Å². The zero-order valence-corrected chi connectivity index (χ0v) is 11.6. The average Bonchev–Trinajstić information content (AvgIpc) is 2.48. The van der Waals surface area contributed by atoms with Gasteiger partial charge in [-0.2, -0.15) is 0 Å². The Bertz CT molecular complexity index is 663. The minimum Gasteiger partial charge on any atom is -0.478 e. The zero-order chi connectivity index (χ0) is 14.6. The highest BCUT2D eigenvalue weighted by Crippen LogP contribution is 2.45. The number of aliphatic hydroxyl groups excluding tert-OH is 1. The predicted octanol–water partition coefficient (Wildman–Crippen LogP) is 1.56. The van der Waals surface area contributed by atoms with E-state index in [2.05, 4.69) is 4.90 Å². The molecule has 5 heteroatoms.